The van der Waals surface area contributed by atoms with Gasteiger partial charge in [0.25, 0.3) is 5.24 Å². The maximum atomic E-state index is 10.9. The van der Waals surface area contributed by atoms with E-state index in [2.05, 4.69) is 5.32 Å². The Bertz CT molecular complexity index is 379. The summed E-state index contributed by atoms with van der Waals surface area (Å²) < 4.78 is 0. The third-order valence-electron chi connectivity index (χ3n) is 1.76. The Hall–Kier alpha value is -1.06. The summed E-state index contributed by atoms with van der Waals surface area (Å²) in [5, 5.41) is 2.08. The summed E-state index contributed by atoms with van der Waals surface area (Å²) >= 11 is 10.6. The van der Waals surface area contributed by atoms with Crippen LogP contribution in [0.4, 0.5) is 0 Å². The normalized spacial score (nSPS) is 9.73. The zero-order valence-corrected chi connectivity index (χ0v) is 9.31. The summed E-state index contributed by atoms with van der Waals surface area (Å²) in [6, 6.07) is 6.74. The molecular formula is C10H9Cl2NO2. The van der Waals surface area contributed by atoms with Crippen molar-refractivity contribution in [3.8, 4) is 0 Å². The molecule has 1 rings (SSSR count). The second-order valence-corrected chi connectivity index (χ2v) is 3.49. The fraction of sp³-hybridized carbons (Fsp3) is 0.200. The van der Waals surface area contributed by atoms with E-state index < -0.39 is 5.24 Å². The number of halogens is 2. The zero-order chi connectivity index (χ0) is 11.3. The molecule has 0 radical (unpaired) electrons. The molecule has 0 saturated heterocycles. The second-order valence-electron chi connectivity index (χ2n) is 2.88. The van der Waals surface area contributed by atoms with Gasteiger partial charge < -0.3 is 5.32 Å². The van der Waals surface area contributed by atoms with Crippen molar-refractivity contribution in [2.75, 3.05) is 5.88 Å². The van der Waals surface area contributed by atoms with Crippen molar-refractivity contribution in [3.63, 3.8) is 0 Å². The van der Waals surface area contributed by atoms with Gasteiger partial charge in [0.05, 0.1) is 0 Å². The van der Waals surface area contributed by atoms with E-state index in [0.29, 0.717) is 12.1 Å². The van der Waals surface area contributed by atoms with Crippen LogP contribution in [0.15, 0.2) is 24.3 Å². The number of rotatable bonds is 4. The van der Waals surface area contributed by atoms with Crippen LogP contribution < -0.4 is 5.32 Å². The molecule has 0 aromatic heterocycles. The summed E-state index contributed by atoms with van der Waals surface area (Å²) in [4.78, 5) is 21.7. The lowest BCUT2D eigenvalue weighted by molar-refractivity contribution is -0.118. The Balaban J connectivity index is 2.66. The minimum absolute atomic E-state index is 0.0753. The first kappa shape index (κ1) is 12.0. The van der Waals surface area contributed by atoms with Crippen LogP contribution in [0.5, 0.6) is 0 Å². The van der Waals surface area contributed by atoms with Crippen LogP contribution in [0, 0.1) is 0 Å². The van der Waals surface area contributed by atoms with Crippen LogP contribution in [-0.4, -0.2) is 17.0 Å². The number of carbonyl (C=O) groups is 2. The third-order valence-corrected chi connectivity index (χ3v) is 2.23. The van der Waals surface area contributed by atoms with Crippen LogP contribution >= 0.6 is 23.2 Å². The topological polar surface area (TPSA) is 46.2 Å². The highest BCUT2D eigenvalue weighted by Gasteiger charge is 2.03. The molecular weight excluding hydrogens is 237 g/mol. The van der Waals surface area contributed by atoms with Gasteiger partial charge in [0.15, 0.2) is 0 Å². The van der Waals surface area contributed by atoms with Crippen molar-refractivity contribution in [1.82, 2.24) is 5.32 Å². The molecule has 0 aliphatic rings. The minimum Gasteiger partial charge on any atom is -0.351 e. The highest BCUT2D eigenvalue weighted by atomic mass is 35.5. The highest BCUT2D eigenvalue weighted by Crippen LogP contribution is 2.07. The maximum Gasteiger partial charge on any atom is 0.252 e. The van der Waals surface area contributed by atoms with E-state index in [1.807, 2.05) is 0 Å². The lowest BCUT2D eigenvalue weighted by atomic mass is 10.1. The van der Waals surface area contributed by atoms with Crippen molar-refractivity contribution in [1.29, 1.82) is 0 Å². The predicted molar refractivity (Wildman–Crippen MR) is 59.2 cm³/mol. The van der Waals surface area contributed by atoms with Crippen LogP contribution in [0.2, 0.25) is 0 Å². The predicted octanol–water partition coefficient (Wildman–Crippen LogP) is 1.92. The average molecular weight is 246 g/mol. The van der Waals surface area contributed by atoms with E-state index in [4.69, 9.17) is 23.2 Å². The molecule has 1 amide bonds. The monoisotopic (exact) mass is 245 g/mol. The summed E-state index contributed by atoms with van der Waals surface area (Å²) in [5.41, 5.74) is 1.22. The standard InChI is InChI=1S/C10H9Cl2NO2/c11-5-9(14)13-6-7-2-1-3-8(4-7)10(12)15/h1-4H,5-6H2,(H,13,14). The Morgan fingerprint density at radius 1 is 1.33 bits per heavy atom. The Kier molecular flexibility index (Phi) is 4.59. The molecule has 15 heavy (non-hydrogen) atoms. The first-order chi connectivity index (χ1) is 7.13. The molecule has 1 aromatic carbocycles. The van der Waals surface area contributed by atoms with E-state index in [1.165, 1.54) is 0 Å². The Morgan fingerprint density at radius 2 is 2.07 bits per heavy atom. The average Bonchev–Trinajstić information content (AvgIpc) is 2.26. The van der Waals surface area contributed by atoms with Crippen LogP contribution in [0.1, 0.15) is 15.9 Å². The van der Waals surface area contributed by atoms with Gasteiger partial charge in [0, 0.05) is 12.1 Å². The molecule has 0 bridgehead atoms. The first-order valence-corrected chi connectivity index (χ1v) is 5.16. The third kappa shape index (κ3) is 3.90. The van der Waals surface area contributed by atoms with E-state index in [9.17, 15) is 9.59 Å². The van der Waals surface area contributed by atoms with Crippen LogP contribution in [-0.2, 0) is 11.3 Å². The first-order valence-electron chi connectivity index (χ1n) is 4.25. The number of hydrogen-bond acceptors (Lipinski definition) is 2. The molecule has 1 N–H and O–H groups in total. The van der Waals surface area contributed by atoms with Gasteiger partial charge in [-0.1, -0.05) is 18.2 Å². The fourth-order valence-electron chi connectivity index (χ4n) is 1.05. The summed E-state index contributed by atoms with van der Waals surface area (Å²) in [6.07, 6.45) is 0. The highest BCUT2D eigenvalue weighted by molar-refractivity contribution is 6.67. The van der Waals surface area contributed by atoms with E-state index >= 15 is 0 Å². The number of hydrogen-bond donors (Lipinski definition) is 1. The number of nitrogens with one attached hydrogen (secondary N) is 1. The molecule has 3 nitrogen and oxygen atoms in total. The van der Waals surface area contributed by atoms with E-state index in [0.717, 1.165) is 5.56 Å². The number of alkyl halides is 1. The Morgan fingerprint density at radius 3 is 2.67 bits per heavy atom. The van der Waals surface area contributed by atoms with Crippen molar-refractivity contribution in [3.05, 3.63) is 35.4 Å². The lowest BCUT2D eigenvalue weighted by Gasteiger charge is -2.03. The molecule has 80 valence electrons. The summed E-state index contributed by atoms with van der Waals surface area (Å²) in [7, 11) is 0. The van der Waals surface area contributed by atoms with Gasteiger partial charge >= 0.3 is 0 Å². The quantitative estimate of drug-likeness (QED) is 0.651. The molecule has 1 aromatic rings. The van der Waals surface area contributed by atoms with E-state index in [-0.39, 0.29) is 11.8 Å². The summed E-state index contributed by atoms with van der Waals surface area (Å²) in [5.74, 6) is -0.326. The smallest absolute Gasteiger partial charge is 0.252 e. The van der Waals surface area contributed by atoms with Crippen LogP contribution in [0.25, 0.3) is 0 Å². The van der Waals surface area contributed by atoms with Gasteiger partial charge in [-0.25, -0.2) is 0 Å². The lowest BCUT2D eigenvalue weighted by Crippen LogP contribution is -2.23. The maximum absolute atomic E-state index is 10.9. The Labute approximate surface area is 97.4 Å². The molecule has 0 heterocycles. The van der Waals surface area contributed by atoms with Crippen molar-refractivity contribution < 1.29 is 9.59 Å². The van der Waals surface area contributed by atoms with Crippen molar-refractivity contribution in [2.45, 2.75) is 6.54 Å². The minimum atomic E-state index is -0.513. The molecule has 0 aliphatic carbocycles. The van der Waals surface area contributed by atoms with Gasteiger partial charge in [-0.3, -0.25) is 9.59 Å². The summed E-state index contributed by atoms with van der Waals surface area (Å²) in [6.45, 7) is 0.337. The molecule has 0 saturated carbocycles. The molecule has 5 heteroatoms. The number of carbonyl (C=O) groups excluding carboxylic acids is 2. The fourth-order valence-corrected chi connectivity index (χ4v) is 1.26. The van der Waals surface area contributed by atoms with Gasteiger partial charge in [-0.05, 0) is 23.2 Å². The molecule has 0 fully saturated rings. The van der Waals surface area contributed by atoms with Gasteiger partial charge in [0.2, 0.25) is 5.91 Å². The van der Waals surface area contributed by atoms with Crippen molar-refractivity contribution >= 4 is 34.4 Å². The van der Waals surface area contributed by atoms with Gasteiger partial charge in [-0.2, -0.15) is 0 Å². The van der Waals surface area contributed by atoms with Gasteiger partial charge in [-0.15, -0.1) is 11.6 Å². The number of amides is 1. The van der Waals surface area contributed by atoms with E-state index in [1.54, 1.807) is 24.3 Å². The second kappa shape index (κ2) is 5.73. The molecule has 0 unspecified atom stereocenters. The van der Waals surface area contributed by atoms with Gasteiger partial charge in [0.1, 0.15) is 5.88 Å². The molecule has 0 spiro atoms. The van der Waals surface area contributed by atoms with Crippen molar-refractivity contribution in [2.24, 2.45) is 0 Å². The molecule has 0 aliphatic heterocycles. The zero-order valence-electron chi connectivity index (χ0n) is 7.80. The van der Waals surface area contributed by atoms with Crippen LogP contribution in [0.3, 0.4) is 0 Å². The SMILES string of the molecule is O=C(CCl)NCc1cccc(C(=O)Cl)c1. The molecule has 0 atom stereocenters. The number of benzene rings is 1. The largest absolute Gasteiger partial charge is 0.351 e.